The van der Waals surface area contributed by atoms with E-state index in [1.807, 2.05) is 12.1 Å². The van der Waals surface area contributed by atoms with Crippen molar-refractivity contribution in [1.82, 2.24) is 9.55 Å². The van der Waals surface area contributed by atoms with Crippen LogP contribution in [-0.2, 0) is 16.4 Å². The quantitative estimate of drug-likeness (QED) is 0.518. The Morgan fingerprint density at radius 2 is 1.66 bits per heavy atom. The number of aromatic amines is 1. The Labute approximate surface area is 182 Å². The predicted octanol–water partition coefficient (Wildman–Crippen LogP) is 2.96. The van der Waals surface area contributed by atoms with Gasteiger partial charge in [0.05, 0.1) is 27.2 Å². The molecule has 9 heteroatoms. The molecule has 0 radical (unpaired) electrons. The van der Waals surface area contributed by atoms with Gasteiger partial charge in [-0.3, -0.25) is 9.10 Å². The fourth-order valence-corrected chi connectivity index (χ4v) is 5.64. The van der Waals surface area contributed by atoms with Crippen LogP contribution < -0.4 is 15.6 Å². The zero-order chi connectivity index (χ0) is 22.5. The Bertz CT molecular complexity index is 1590. The molecule has 0 amide bonds. The van der Waals surface area contributed by atoms with Gasteiger partial charge in [-0.2, -0.15) is 0 Å². The van der Waals surface area contributed by atoms with Crippen LogP contribution in [0, 0.1) is 5.82 Å². The van der Waals surface area contributed by atoms with Gasteiger partial charge < -0.3 is 4.98 Å². The number of benzene rings is 3. The van der Waals surface area contributed by atoms with Crippen molar-refractivity contribution in [2.75, 3.05) is 10.8 Å². The molecule has 2 heterocycles. The molecule has 4 aromatic rings. The van der Waals surface area contributed by atoms with Crippen molar-refractivity contribution in [1.29, 1.82) is 0 Å². The van der Waals surface area contributed by atoms with E-state index in [9.17, 15) is 22.4 Å². The fourth-order valence-electron chi connectivity index (χ4n) is 4.08. The Hall–Kier alpha value is -3.72. The number of sulfonamides is 1. The zero-order valence-electron chi connectivity index (χ0n) is 16.8. The molecular formula is C23H18FN3O4S. The molecule has 0 aliphatic carbocycles. The molecule has 0 atom stereocenters. The van der Waals surface area contributed by atoms with Gasteiger partial charge in [-0.25, -0.2) is 22.2 Å². The van der Waals surface area contributed by atoms with Crippen molar-refractivity contribution in [3.63, 3.8) is 0 Å². The highest BCUT2D eigenvalue weighted by atomic mass is 32.2. The number of aryl methyl sites for hydroxylation is 1. The minimum Gasteiger partial charge on any atom is -0.306 e. The van der Waals surface area contributed by atoms with Crippen molar-refractivity contribution in [2.24, 2.45) is 0 Å². The van der Waals surface area contributed by atoms with Gasteiger partial charge in [0.2, 0.25) is 0 Å². The lowest BCUT2D eigenvalue weighted by atomic mass is 10.0. The Kier molecular flexibility index (Phi) is 4.70. The summed E-state index contributed by atoms with van der Waals surface area (Å²) in [4.78, 5) is 27.9. The first-order valence-electron chi connectivity index (χ1n) is 10.0. The number of hydrogen-bond donors (Lipinski definition) is 1. The lowest BCUT2D eigenvalue weighted by Gasteiger charge is -2.30. The smallest absolute Gasteiger partial charge is 0.306 e. The molecule has 0 spiro atoms. The average molecular weight is 451 g/mol. The number of halogens is 1. The molecule has 1 N–H and O–H groups in total. The number of H-pyrrole nitrogens is 1. The monoisotopic (exact) mass is 451 g/mol. The predicted molar refractivity (Wildman–Crippen MR) is 119 cm³/mol. The van der Waals surface area contributed by atoms with Crippen LogP contribution >= 0.6 is 0 Å². The Morgan fingerprint density at radius 1 is 0.906 bits per heavy atom. The minimum absolute atomic E-state index is 0.185. The molecule has 1 aliphatic rings. The van der Waals surface area contributed by atoms with E-state index in [4.69, 9.17) is 0 Å². The summed E-state index contributed by atoms with van der Waals surface area (Å²) in [5, 5.41) is 0.185. The van der Waals surface area contributed by atoms with E-state index >= 15 is 0 Å². The highest BCUT2D eigenvalue weighted by Crippen LogP contribution is 2.32. The molecule has 1 aliphatic heterocycles. The van der Waals surface area contributed by atoms with E-state index in [-0.39, 0.29) is 16.8 Å². The molecule has 32 heavy (non-hydrogen) atoms. The van der Waals surface area contributed by atoms with Gasteiger partial charge in [0.1, 0.15) is 5.82 Å². The summed E-state index contributed by atoms with van der Waals surface area (Å²) < 4.78 is 43.6. The van der Waals surface area contributed by atoms with Crippen LogP contribution in [0.2, 0.25) is 0 Å². The van der Waals surface area contributed by atoms with Crippen LogP contribution in [0.15, 0.2) is 81.2 Å². The maximum atomic E-state index is 14.8. The van der Waals surface area contributed by atoms with Crippen molar-refractivity contribution < 1.29 is 12.8 Å². The first-order valence-corrected chi connectivity index (χ1v) is 11.5. The third-order valence-corrected chi connectivity index (χ3v) is 7.43. The van der Waals surface area contributed by atoms with Crippen molar-refractivity contribution in [2.45, 2.75) is 17.7 Å². The van der Waals surface area contributed by atoms with Crippen molar-refractivity contribution >= 4 is 26.6 Å². The fraction of sp³-hybridized carbons (Fsp3) is 0.130. The Morgan fingerprint density at radius 3 is 2.50 bits per heavy atom. The van der Waals surface area contributed by atoms with Crippen LogP contribution in [0.3, 0.4) is 0 Å². The first kappa shape index (κ1) is 20.2. The number of aromatic nitrogens is 2. The molecule has 7 nitrogen and oxygen atoms in total. The van der Waals surface area contributed by atoms with Crippen LogP contribution in [-0.4, -0.2) is 24.5 Å². The van der Waals surface area contributed by atoms with E-state index in [2.05, 4.69) is 4.98 Å². The average Bonchev–Trinajstić information content (AvgIpc) is 2.79. The van der Waals surface area contributed by atoms with Gasteiger partial charge in [-0.15, -0.1) is 0 Å². The minimum atomic E-state index is -4.05. The lowest BCUT2D eigenvalue weighted by molar-refractivity contribution is 0.584. The largest absolute Gasteiger partial charge is 0.333 e. The molecule has 0 saturated heterocycles. The van der Waals surface area contributed by atoms with Gasteiger partial charge >= 0.3 is 5.69 Å². The first-order chi connectivity index (χ1) is 15.4. The number of nitrogens with one attached hydrogen (secondary N) is 1. The summed E-state index contributed by atoms with van der Waals surface area (Å²) in [7, 11) is -4.05. The third-order valence-electron chi connectivity index (χ3n) is 5.62. The zero-order valence-corrected chi connectivity index (χ0v) is 17.6. The summed E-state index contributed by atoms with van der Waals surface area (Å²) in [5.74, 6) is -0.883. The molecule has 162 valence electrons. The summed E-state index contributed by atoms with van der Waals surface area (Å²) in [6, 6.07) is 16.7. The third kappa shape index (κ3) is 3.13. The van der Waals surface area contributed by atoms with Crippen molar-refractivity contribution in [3.05, 3.63) is 98.9 Å². The van der Waals surface area contributed by atoms with Crippen LogP contribution in [0.1, 0.15) is 12.0 Å². The maximum absolute atomic E-state index is 14.8. The van der Waals surface area contributed by atoms with Crippen LogP contribution in [0.4, 0.5) is 10.1 Å². The number of para-hydroxylation sites is 2. The lowest BCUT2D eigenvalue weighted by Crippen LogP contribution is -2.36. The number of hydrogen-bond acceptors (Lipinski definition) is 4. The van der Waals surface area contributed by atoms with Gasteiger partial charge in [-0.1, -0.05) is 30.3 Å². The molecule has 0 saturated carbocycles. The molecule has 5 rings (SSSR count). The number of fused-ring (bicyclic) bond motifs is 2. The van der Waals surface area contributed by atoms with E-state index in [0.717, 1.165) is 30.2 Å². The van der Waals surface area contributed by atoms with Crippen molar-refractivity contribution in [3.8, 4) is 5.69 Å². The number of nitrogens with zero attached hydrogens (tertiary/aromatic N) is 2. The van der Waals surface area contributed by atoms with Crippen LogP contribution in [0.5, 0.6) is 0 Å². The highest BCUT2D eigenvalue weighted by Gasteiger charge is 2.30. The van der Waals surface area contributed by atoms with E-state index in [1.54, 1.807) is 30.3 Å². The standard InChI is InChI=1S/C23H18FN3O4S/c24-18-12-11-16(32(30,31)26-13-5-7-15-6-1-4-10-20(15)26)14-21(18)27-22(28)17-8-2-3-9-19(17)25-23(27)29/h1-4,6,8-12,14H,5,7,13H2,(H,25,29). The molecule has 1 aromatic heterocycles. The molecule has 3 aromatic carbocycles. The summed E-state index contributed by atoms with van der Waals surface area (Å²) in [6.45, 7) is 0.280. The van der Waals surface area contributed by atoms with E-state index in [1.165, 1.54) is 10.4 Å². The second kappa shape index (κ2) is 7.45. The highest BCUT2D eigenvalue weighted by molar-refractivity contribution is 7.92. The van der Waals surface area contributed by atoms with Gasteiger partial charge in [0.15, 0.2) is 0 Å². The number of rotatable bonds is 3. The van der Waals surface area contributed by atoms with Crippen LogP contribution in [0.25, 0.3) is 16.6 Å². The summed E-state index contributed by atoms with van der Waals surface area (Å²) in [6.07, 6.45) is 1.41. The molecule has 0 unspecified atom stereocenters. The van der Waals surface area contributed by atoms with E-state index < -0.39 is 32.8 Å². The summed E-state index contributed by atoms with van der Waals surface area (Å²) >= 11 is 0. The SMILES string of the molecule is O=c1[nH]c2ccccc2c(=O)n1-c1cc(S(=O)(=O)N2CCCc3ccccc32)ccc1F. The second-order valence-corrected chi connectivity index (χ2v) is 9.40. The number of anilines is 1. The summed E-state index contributed by atoms with van der Waals surface area (Å²) in [5.41, 5.74) is -0.218. The topological polar surface area (TPSA) is 92.2 Å². The maximum Gasteiger partial charge on any atom is 0.333 e. The second-order valence-electron chi connectivity index (χ2n) is 7.54. The Balaban J connectivity index is 1.69. The van der Waals surface area contributed by atoms with E-state index in [0.29, 0.717) is 22.2 Å². The normalized spacial score (nSPS) is 13.8. The molecule has 0 bridgehead atoms. The van der Waals surface area contributed by atoms with Gasteiger partial charge in [-0.05, 0) is 54.8 Å². The van der Waals surface area contributed by atoms with Gasteiger partial charge in [0, 0.05) is 6.54 Å². The molecule has 0 fully saturated rings. The molecular weight excluding hydrogens is 433 g/mol. The van der Waals surface area contributed by atoms with Gasteiger partial charge in [0.25, 0.3) is 15.6 Å².